The molecule has 1 saturated carbocycles. The van der Waals surface area contributed by atoms with E-state index in [0.29, 0.717) is 22.3 Å². The SMILES string of the molecule is CN1CCCC1CCNC(=O)CSC1CCCCC1Sc1cc(C(C)(C)C)cc(C(C)(C)C)c1. The third-order valence-electron chi connectivity index (χ3n) is 7.47. The van der Waals surface area contributed by atoms with Crippen LogP contribution in [-0.4, -0.2) is 53.2 Å². The Hall–Kier alpha value is -0.650. The number of carbonyl (C=O) groups excluding carboxylic acids is 1. The molecular weight excluding hydrogens is 456 g/mol. The van der Waals surface area contributed by atoms with Crippen LogP contribution in [0.3, 0.4) is 0 Å². The summed E-state index contributed by atoms with van der Waals surface area (Å²) >= 11 is 3.95. The van der Waals surface area contributed by atoms with Crippen molar-refractivity contribution in [3.8, 4) is 0 Å². The predicted molar refractivity (Wildman–Crippen MR) is 151 cm³/mol. The van der Waals surface area contributed by atoms with Crippen LogP contribution in [0.25, 0.3) is 0 Å². The van der Waals surface area contributed by atoms with E-state index in [0.717, 1.165) is 13.0 Å². The Morgan fingerprint density at radius 2 is 1.56 bits per heavy atom. The first-order valence-electron chi connectivity index (χ1n) is 13.3. The van der Waals surface area contributed by atoms with Crippen LogP contribution in [-0.2, 0) is 15.6 Å². The van der Waals surface area contributed by atoms with E-state index in [1.807, 2.05) is 11.8 Å². The molecule has 5 heteroatoms. The Bertz CT molecular complexity index is 779. The number of thioether (sulfide) groups is 2. The third kappa shape index (κ3) is 8.20. The largest absolute Gasteiger partial charge is 0.355 e. The van der Waals surface area contributed by atoms with Crippen LogP contribution in [0.15, 0.2) is 23.1 Å². The topological polar surface area (TPSA) is 32.3 Å². The van der Waals surface area contributed by atoms with E-state index in [9.17, 15) is 4.79 Å². The summed E-state index contributed by atoms with van der Waals surface area (Å²) in [4.78, 5) is 16.4. The number of rotatable bonds is 8. The molecule has 0 bridgehead atoms. The van der Waals surface area contributed by atoms with Crippen molar-refractivity contribution >= 4 is 29.4 Å². The molecule has 2 fully saturated rings. The van der Waals surface area contributed by atoms with Gasteiger partial charge in [0, 0.05) is 28.0 Å². The average molecular weight is 505 g/mol. The lowest BCUT2D eigenvalue weighted by atomic mass is 9.81. The number of nitrogens with zero attached hydrogens (tertiary/aromatic N) is 1. The molecular formula is C29H48N2OS2. The number of carbonyl (C=O) groups is 1. The maximum absolute atomic E-state index is 12.6. The molecule has 1 amide bonds. The molecule has 0 aromatic heterocycles. The summed E-state index contributed by atoms with van der Waals surface area (Å²) in [5.74, 6) is 0.807. The molecule has 1 aliphatic heterocycles. The summed E-state index contributed by atoms with van der Waals surface area (Å²) in [6.45, 7) is 15.9. The van der Waals surface area contributed by atoms with Gasteiger partial charge in [0.1, 0.15) is 0 Å². The highest BCUT2D eigenvalue weighted by atomic mass is 32.2. The van der Waals surface area contributed by atoms with E-state index < -0.39 is 0 Å². The van der Waals surface area contributed by atoms with Crippen molar-refractivity contribution in [3.63, 3.8) is 0 Å². The summed E-state index contributed by atoms with van der Waals surface area (Å²) in [6, 6.07) is 7.89. The average Bonchev–Trinajstić information content (AvgIpc) is 3.16. The number of benzene rings is 1. The van der Waals surface area contributed by atoms with Gasteiger partial charge in [0.05, 0.1) is 5.75 Å². The Morgan fingerprint density at radius 3 is 2.12 bits per heavy atom. The van der Waals surface area contributed by atoms with Gasteiger partial charge in [-0.05, 0) is 79.8 Å². The molecule has 3 rings (SSSR count). The molecule has 1 heterocycles. The van der Waals surface area contributed by atoms with E-state index in [2.05, 4.69) is 88.8 Å². The smallest absolute Gasteiger partial charge is 0.230 e. The predicted octanol–water partition coefficient (Wildman–Crippen LogP) is 7.02. The van der Waals surface area contributed by atoms with E-state index in [1.54, 1.807) is 0 Å². The standard InChI is InChI=1S/C29H48N2OS2/c1-28(2,3)21-17-22(29(4,5)6)19-24(18-21)34-26-13-9-8-12-25(26)33-20-27(32)30-15-14-23-11-10-16-31(23)7/h17-19,23,25-26H,8-16,20H2,1-7H3,(H,30,32). The van der Waals surface area contributed by atoms with E-state index in [4.69, 9.17) is 0 Å². The highest BCUT2D eigenvalue weighted by molar-refractivity contribution is 8.04. The first-order chi connectivity index (χ1) is 15.9. The van der Waals surface area contributed by atoms with Crippen LogP contribution in [0.2, 0.25) is 0 Å². The van der Waals surface area contributed by atoms with Crippen molar-refractivity contribution in [2.75, 3.05) is 25.9 Å². The van der Waals surface area contributed by atoms with Crippen LogP contribution in [0.4, 0.5) is 0 Å². The zero-order chi connectivity index (χ0) is 24.9. The minimum Gasteiger partial charge on any atom is -0.355 e. The van der Waals surface area contributed by atoms with Gasteiger partial charge in [-0.25, -0.2) is 0 Å². The van der Waals surface area contributed by atoms with Crippen molar-refractivity contribution in [1.29, 1.82) is 0 Å². The van der Waals surface area contributed by atoms with Gasteiger partial charge < -0.3 is 10.2 Å². The Kier molecular flexibility index (Phi) is 9.91. The summed E-state index contributed by atoms with van der Waals surface area (Å²) < 4.78 is 0. The first kappa shape index (κ1) is 27.9. The third-order valence-corrected chi connectivity index (χ3v) is 10.4. The van der Waals surface area contributed by atoms with Crippen LogP contribution in [0, 0.1) is 0 Å². The molecule has 3 nitrogen and oxygen atoms in total. The number of hydrogen-bond acceptors (Lipinski definition) is 4. The van der Waals surface area contributed by atoms with E-state index >= 15 is 0 Å². The van der Waals surface area contributed by atoms with Gasteiger partial charge >= 0.3 is 0 Å². The maximum atomic E-state index is 12.6. The fraction of sp³-hybridized carbons (Fsp3) is 0.759. The first-order valence-corrected chi connectivity index (χ1v) is 15.3. The molecule has 34 heavy (non-hydrogen) atoms. The van der Waals surface area contributed by atoms with Gasteiger partial charge in [0.25, 0.3) is 0 Å². The van der Waals surface area contributed by atoms with Crippen molar-refractivity contribution in [1.82, 2.24) is 10.2 Å². The zero-order valence-corrected chi connectivity index (χ0v) is 24.3. The zero-order valence-electron chi connectivity index (χ0n) is 22.7. The van der Waals surface area contributed by atoms with Gasteiger partial charge in [-0.2, -0.15) is 0 Å². The minimum absolute atomic E-state index is 0.142. The van der Waals surface area contributed by atoms with Gasteiger partial charge in [-0.3, -0.25) is 4.79 Å². The summed E-state index contributed by atoms with van der Waals surface area (Å²) in [6.07, 6.45) is 8.72. The summed E-state index contributed by atoms with van der Waals surface area (Å²) in [5, 5.41) is 4.33. The highest BCUT2D eigenvalue weighted by Gasteiger charge is 2.29. The lowest BCUT2D eigenvalue weighted by Gasteiger charge is -2.32. The second-order valence-electron chi connectivity index (χ2n) is 12.5. The molecule has 1 N–H and O–H groups in total. The van der Waals surface area contributed by atoms with E-state index in [-0.39, 0.29) is 16.7 Å². The van der Waals surface area contributed by atoms with Crippen LogP contribution in [0.5, 0.6) is 0 Å². The normalized spacial score (nSPS) is 24.4. The molecule has 1 aromatic rings. The maximum Gasteiger partial charge on any atom is 0.230 e. The molecule has 192 valence electrons. The van der Waals surface area contributed by atoms with Crippen molar-refractivity contribution in [3.05, 3.63) is 29.3 Å². The summed E-state index contributed by atoms with van der Waals surface area (Å²) in [7, 11) is 2.21. The fourth-order valence-corrected chi connectivity index (χ4v) is 7.92. The molecule has 1 aliphatic carbocycles. The highest BCUT2D eigenvalue weighted by Crippen LogP contribution is 2.42. The van der Waals surface area contributed by atoms with Crippen LogP contribution in [0.1, 0.15) is 97.6 Å². The van der Waals surface area contributed by atoms with Crippen molar-refractivity contribution in [2.24, 2.45) is 0 Å². The monoisotopic (exact) mass is 504 g/mol. The van der Waals surface area contributed by atoms with Gasteiger partial charge in [0.2, 0.25) is 5.91 Å². The second kappa shape index (κ2) is 12.1. The molecule has 1 saturated heterocycles. The van der Waals surface area contributed by atoms with Gasteiger partial charge in [-0.1, -0.05) is 60.5 Å². The number of amides is 1. The molecule has 3 atom stereocenters. The lowest BCUT2D eigenvalue weighted by Crippen LogP contribution is -2.33. The Labute approximate surface area is 218 Å². The van der Waals surface area contributed by atoms with E-state index in [1.165, 1.54) is 61.1 Å². The Balaban J connectivity index is 1.58. The lowest BCUT2D eigenvalue weighted by molar-refractivity contribution is -0.118. The fourth-order valence-electron chi connectivity index (χ4n) is 5.05. The Morgan fingerprint density at radius 1 is 0.941 bits per heavy atom. The van der Waals surface area contributed by atoms with Gasteiger partial charge in [-0.15, -0.1) is 23.5 Å². The minimum atomic E-state index is 0.142. The molecule has 0 spiro atoms. The van der Waals surface area contributed by atoms with Crippen LogP contribution < -0.4 is 5.32 Å². The van der Waals surface area contributed by atoms with Crippen LogP contribution >= 0.6 is 23.5 Å². The number of hydrogen-bond donors (Lipinski definition) is 1. The quantitative estimate of drug-likeness (QED) is 0.412. The van der Waals surface area contributed by atoms with Gasteiger partial charge in [0.15, 0.2) is 0 Å². The van der Waals surface area contributed by atoms with Crippen molar-refractivity contribution < 1.29 is 4.79 Å². The molecule has 1 aromatic carbocycles. The second-order valence-corrected chi connectivity index (χ2v) is 15.0. The van der Waals surface area contributed by atoms with Crippen molar-refractivity contribution in [2.45, 2.75) is 119 Å². The molecule has 2 aliphatic rings. The number of likely N-dealkylation sites (tertiary alicyclic amines) is 1. The molecule has 0 radical (unpaired) electrons. The summed E-state index contributed by atoms with van der Waals surface area (Å²) in [5.41, 5.74) is 3.13. The number of nitrogens with one attached hydrogen (secondary N) is 1. The molecule has 3 unspecified atom stereocenters.